The summed E-state index contributed by atoms with van der Waals surface area (Å²) in [6, 6.07) is 9.99. The van der Waals surface area contributed by atoms with Crippen LogP contribution >= 0.6 is 0 Å². The summed E-state index contributed by atoms with van der Waals surface area (Å²) in [5.74, 6) is -5.55. The molecule has 3 heterocycles. The van der Waals surface area contributed by atoms with Gasteiger partial charge in [0.05, 0.1) is 11.6 Å². The van der Waals surface area contributed by atoms with Crippen LogP contribution in [0.5, 0.6) is 5.75 Å². The molecule has 13 heteroatoms. The Morgan fingerprint density at radius 1 is 1.11 bits per heavy atom. The highest BCUT2D eigenvalue weighted by Crippen LogP contribution is 2.35. The first-order valence-electron chi connectivity index (χ1n) is 11.4. The van der Waals surface area contributed by atoms with Crippen molar-refractivity contribution in [2.75, 3.05) is 30.8 Å². The summed E-state index contributed by atoms with van der Waals surface area (Å²) in [5, 5.41) is 14.1. The molecule has 1 saturated heterocycles. The second kappa shape index (κ2) is 9.30. The molecule has 1 aliphatic heterocycles. The molecule has 9 nitrogen and oxygen atoms in total. The van der Waals surface area contributed by atoms with Gasteiger partial charge in [-0.3, -0.25) is 0 Å². The Morgan fingerprint density at radius 2 is 1.84 bits per heavy atom. The number of hydrogen-bond donors (Lipinski definition) is 1. The van der Waals surface area contributed by atoms with E-state index in [2.05, 4.69) is 15.1 Å². The number of phenols is 1. The minimum atomic E-state index is -3.40. The lowest BCUT2D eigenvalue weighted by atomic mass is 10.0. The monoisotopic (exact) mass is 532 g/mol. The van der Waals surface area contributed by atoms with Gasteiger partial charge in [0.1, 0.15) is 5.69 Å². The molecule has 0 aliphatic carbocycles. The van der Waals surface area contributed by atoms with Gasteiger partial charge in [0.15, 0.2) is 23.0 Å². The van der Waals surface area contributed by atoms with Gasteiger partial charge in [-0.15, -0.1) is 0 Å². The van der Waals surface area contributed by atoms with Gasteiger partial charge in [0.2, 0.25) is 21.8 Å². The van der Waals surface area contributed by atoms with Crippen molar-refractivity contribution < 1.29 is 26.7 Å². The van der Waals surface area contributed by atoms with Gasteiger partial charge in [-0.25, -0.2) is 26.9 Å². The molecule has 4 aromatic rings. The number of benzene rings is 2. The molecule has 5 rings (SSSR count). The van der Waals surface area contributed by atoms with Crippen LogP contribution in [0.15, 0.2) is 42.6 Å². The number of aryl methyl sites for hydroxylation is 1. The average molecular weight is 533 g/mol. The van der Waals surface area contributed by atoms with E-state index < -0.39 is 38.8 Å². The van der Waals surface area contributed by atoms with Crippen LogP contribution in [0.2, 0.25) is 0 Å². The Kier molecular flexibility index (Phi) is 6.28. The quantitative estimate of drug-likeness (QED) is 0.394. The Bertz CT molecular complexity index is 1600. The third-order valence-electron chi connectivity index (χ3n) is 6.44. The van der Waals surface area contributed by atoms with Gasteiger partial charge in [-0.05, 0) is 18.1 Å². The van der Waals surface area contributed by atoms with Gasteiger partial charge in [-0.2, -0.15) is 18.8 Å². The molecule has 1 N–H and O–H groups in total. The van der Waals surface area contributed by atoms with Crippen LogP contribution in [0.1, 0.15) is 5.56 Å². The molecule has 37 heavy (non-hydrogen) atoms. The second-order valence-corrected chi connectivity index (χ2v) is 10.9. The molecule has 0 radical (unpaired) electrons. The third-order valence-corrected chi connectivity index (χ3v) is 7.71. The fourth-order valence-electron chi connectivity index (χ4n) is 4.58. The Hall–Kier alpha value is -3.71. The summed E-state index contributed by atoms with van der Waals surface area (Å²) in [4.78, 5) is 11.0. The van der Waals surface area contributed by atoms with E-state index in [1.807, 2.05) is 35.2 Å². The normalized spacial score (nSPS) is 17.0. The molecule has 0 spiro atoms. The Balaban J connectivity index is 1.55. The molecule has 2 aromatic heterocycles. The van der Waals surface area contributed by atoms with Gasteiger partial charge in [0, 0.05) is 44.5 Å². The van der Waals surface area contributed by atoms with E-state index in [1.165, 1.54) is 21.4 Å². The molecule has 0 saturated carbocycles. The lowest BCUT2D eigenvalue weighted by Gasteiger charge is -2.40. The van der Waals surface area contributed by atoms with Crippen LogP contribution in [0.4, 0.5) is 19.1 Å². The smallest absolute Gasteiger partial charge is 0.227 e. The number of rotatable bonds is 5. The summed E-state index contributed by atoms with van der Waals surface area (Å²) in [7, 11) is -1.84. The van der Waals surface area contributed by atoms with E-state index >= 15 is 0 Å². The number of fused-ring (bicyclic) bond motifs is 1. The number of phenolic OH excluding ortho intramolecular Hbond substituents is 1. The first-order chi connectivity index (χ1) is 17.5. The lowest BCUT2D eigenvalue weighted by Crippen LogP contribution is -2.56. The third kappa shape index (κ3) is 4.60. The minimum absolute atomic E-state index is 0.0570. The second-order valence-electron chi connectivity index (χ2n) is 8.92. The topological polar surface area (TPSA) is 104 Å². The number of aromatic nitrogens is 4. The molecule has 1 atom stereocenters. The van der Waals surface area contributed by atoms with Crippen molar-refractivity contribution in [3.63, 3.8) is 0 Å². The molecule has 194 valence electrons. The maximum Gasteiger partial charge on any atom is 0.227 e. The van der Waals surface area contributed by atoms with Crippen LogP contribution in [0.3, 0.4) is 0 Å². The van der Waals surface area contributed by atoms with Crippen molar-refractivity contribution >= 4 is 27.0 Å². The fraction of sp³-hybridized carbons (Fsp3) is 0.292. The first kappa shape index (κ1) is 25.0. The predicted octanol–water partition coefficient (Wildman–Crippen LogP) is 2.85. The van der Waals surface area contributed by atoms with Crippen molar-refractivity contribution in [1.29, 1.82) is 0 Å². The number of halogens is 3. The van der Waals surface area contributed by atoms with E-state index in [0.29, 0.717) is 30.6 Å². The van der Waals surface area contributed by atoms with Gasteiger partial charge in [0.25, 0.3) is 0 Å². The zero-order valence-electron chi connectivity index (χ0n) is 19.9. The maximum absolute atomic E-state index is 14.6. The largest absolute Gasteiger partial charge is 0.503 e. The number of sulfonamides is 1. The lowest BCUT2D eigenvalue weighted by molar-refractivity contribution is 0.330. The number of piperazine rings is 1. The zero-order chi connectivity index (χ0) is 26.5. The van der Waals surface area contributed by atoms with Gasteiger partial charge >= 0.3 is 0 Å². The van der Waals surface area contributed by atoms with Crippen molar-refractivity contribution in [1.82, 2.24) is 24.1 Å². The van der Waals surface area contributed by atoms with E-state index in [4.69, 9.17) is 0 Å². The minimum Gasteiger partial charge on any atom is -0.503 e. The highest BCUT2D eigenvalue weighted by Gasteiger charge is 2.33. The van der Waals surface area contributed by atoms with Crippen LogP contribution in [-0.4, -0.2) is 69.5 Å². The molecule has 0 bridgehead atoms. The van der Waals surface area contributed by atoms with Crippen LogP contribution in [0.25, 0.3) is 22.3 Å². The van der Waals surface area contributed by atoms with E-state index in [9.17, 15) is 26.7 Å². The highest BCUT2D eigenvalue weighted by molar-refractivity contribution is 7.88. The highest BCUT2D eigenvalue weighted by atomic mass is 32.2. The van der Waals surface area contributed by atoms with Crippen LogP contribution < -0.4 is 4.90 Å². The summed E-state index contributed by atoms with van der Waals surface area (Å²) in [6.45, 7) is 0.832. The molecule has 1 fully saturated rings. The Labute approximate surface area is 210 Å². The molecule has 0 unspecified atom stereocenters. The summed E-state index contributed by atoms with van der Waals surface area (Å²) >= 11 is 0. The van der Waals surface area contributed by atoms with Crippen molar-refractivity contribution in [2.45, 2.75) is 12.5 Å². The zero-order valence-corrected chi connectivity index (χ0v) is 20.8. The van der Waals surface area contributed by atoms with Crippen molar-refractivity contribution in [3.05, 3.63) is 65.6 Å². The number of hydrogen-bond acceptors (Lipinski definition) is 7. The standard InChI is InChI=1S/C24H23F3N6O3S/c1-31-23-17(21(30-31)16-11-18(25)20(27)22(34)19(16)26)12-28-24(29-23)33-9-8-32(37(2,35)36)13-15(33)10-14-6-4-3-5-7-14/h3-7,11-12,15,34H,8-10,13H2,1-2H3/t15-/m1/s1. The summed E-state index contributed by atoms with van der Waals surface area (Å²) < 4.78 is 69.4. The maximum atomic E-state index is 14.6. The predicted molar refractivity (Wildman–Crippen MR) is 131 cm³/mol. The van der Waals surface area contributed by atoms with Crippen molar-refractivity contribution in [3.8, 4) is 17.0 Å². The van der Waals surface area contributed by atoms with Crippen LogP contribution in [0, 0.1) is 17.5 Å². The van der Waals surface area contributed by atoms with E-state index in [-0.39, 0.29) is 30.2 Å². The fourth-order valence-corrected chi connectivity index (χ4v) is 5.44. The summed E-state index contributed by atoms with van der Waals surface area (Å²) in [6.07, 6.45) is 3.13. The first-order valence-corrected chi connectivity index (χ1v) is 13.2. The van der Waals surface area contributed by atoms with E-state index in [1.54, 1.807) is 7.05 Å². The molecular formula is C24H23F3N6O3S. The summed E-state index contributed by atoms with van der Waals surface area (Å²) in [5.41, 5.74) is 0.832. The van der Waals surface area contributed by atoms with Gasteiger partial charge < -0.3 is 10.0 Å². The molecular weight excluding hydrogens is 509 g/mol. The Morgan fingerprint density at radius 3 is 2.54 bits per heavy atom. The van der Waals surface area contributed by atoms with E-state index in [0.717, 1.165) is 5.56 Å². The molecule has 0 amide bonds. The number of anilines is 1. The molecule has 2 aromatic carbocycles. The number of nitrogens with zero attached hydrogens (tertiary/aromatic N) is 6. The average Bonchev–Trinajstić information content (AvgIpc) is 3.20. The van der Waals surface area contributed by atoms with Gasteiger partial charge in [-0.1, -0.05) is 30.3 Å². The number of aromatic hydroxyl groups is 1. The van der Waals surface area contributed by atoms with Crippen LogP contribution in [-0.2, 0) is 23.5 Å². The SMILES string of the molecule is Cn1nc(-c2cc(F)c(F)c(O)c2F)c2cnc(N3CCN(S(C)(=O)=O)C[C@H]3Cc3ccccc3)nc21. The van der Waals surface area contributed by atoms with Crippen molar-refractivity contribution in [2.24, 2.45) is 7.05 Å². The molecule has 1 aliphatic rings.